The van der Waals surface area contributed by atoms with Gasteiger partial charge in [0.2, 0.25) is 5.76 Å². The van der Waals surface area contributed by atoms with Crippen LogP contribution in [0.2, 0.25) is 0 Å². The summed E-state index contributed by atoms with van der Waals surface area (Å²) in [5.41, 5.74) is 0.711. The van der Waals surface area contributed by atoms with Crippen LogP contribution < -0.4 is 5.32 Å². The minimum absolute atomic E-state index is 0.104. The Balaban J connectivity index is 2.84. The van der Waals surface area contributed by atoms with Crippen molar-refractivity contribution in [2.24, 2.45) is 0 Å². The van der Waals surface area contributed by atoms with Gasteiger partial charge in [-0.2, -0.15) is 0 Å². The third-order valence-electron chi connectivity index (χ3n) is 1.77. The second-order valence-electron chi connectivity index (χ2n) is 3.85. The van der Waals surface area contributed by atoms with Gasteiger partial charge < -0.3 is 9.73 Å². The van der Waals surface area contributed by atoms with Crippen molar-refractivity contribution in [3.8, 4) is 0 Å². The highest BCUT2D eigenvalue weighted by molar-refractivity contribution is 5.92. The van der Waals surface area contributed by atoms with Crippen molar-refractivity contribution < 1.29 is 9.21 Å². The van der Waals surface area contributed by atoms with Crippen LogP contribution in [0.15, 0.2) is 10.8 Å². The van der Waals surface area contributed by atoms with Gasteiger partial charge in [-0.05, 0) is 19.8 Å². The lowest BCUT2D eigenvalue weighted by atomic mass is 10.1. The minimum Gasteiger partial charge on any atom is -0.438 e. The summed E-state index contributed by atoms with van der Waals surface area (Å²) in [6, 6.07) is 0.104. The molecular formula is C10H16N2O2. The molecule has 0 fully saturated rings. The molecule has 0 bridgehead atoms. The van der Waals surface area contributed by atoms with Crippen molar-refractivity contribution in [1.82, 2.24) is 10.3 Å². The van der Waals surface area contributed by atoms with E-state index in [0.717, 1.165) is 0 Å². The molecule has 1 aromatic rings. The average Bonchev–Trinajstić information content (AvgIpc) is 2.49. The van der Waals surface area contributed by atoms with Gasteiger partial charge in [0.1, 0.15) is 0 Å². The fourth-order valence-corrected chi connectivity index (χ4v) is 1.16. The largest absolute Gasteiger partial charge is 0.438 e. The fourth-order valence-electron chi connectivity index (χ4n) is 1.16. The first-order valence-electron chi connectivity index (χ1n) is 4.76. The number of nitrogens with one attached hydrogen (secondary N) is 1. The highest BCUT2D eigenvalue weighted by atomic mass is 16.3. The van der Waals surface area contributed by atoms with Gasteiger partial charge in [-0.1, -0.05) is 13.8 Å². The van der Waals surface area contributed by atoms with Gasteiger partial charge in [0.25, 0.3) is 5.91 Å². The smallest absolute Gasteiger partial charge is 0.289 e. The molecule has 1 aromatic heterocycles. The fraction of sp³-hybridized carbons (Fsp3) is 0.600. The summed E-state index contributed by atoms with van der Waals surface area (Å²) < 4.78 is 5.07. The standard InChI is InChI=1S/C10H16N2O2/c1-6(2)8-9(14-5-11-8)10(13)12-7(3)4/h5-7H,1-4H3,(H,12,13). The quantitative estimate of drug-likeness (QED) is 0.803. The number of carbonyl (C=O) groups is 1. The van der Waals surface area contributed by atoms with Crippen LogP contribution >= 0.6 is 0 Å². The molecule has 0 spiro atoms. The molecule has 0 radical (unpaired) electrons. The third-order valence-corrected chi connectivity index (χ3v) is 1.77. The molecule has 1 rings (SSSR count). The van der Waals surface area contributed by atoms with E-state index in [1.165, 1.54) is 6.39 Å². The Kier molecular flexibility index (Phi) is 3.28. The van der Waals surface area contributed by atoms with Gasteiger partial charge in [-0.25, -0.2) is 4.98 Å². The van der Waals surface area contributed by atoms with Crippen molar-refractivity contribution in [3.63, 3.8) is 0 Å². The van der Waals surface area contributed by atoms with Gasteiger partial charge in [0.15, 0.2) is 6.39 Å². The first-order chi connectivity index (χ1) is 6.52. The zero-order valence-electron chi connectivity index (χ0n) is 9.00. The molecule has 0 saturated carbocycles. The first-order valence-corrected chi connectivity index (χ1v) is 4.76. The van der Waals surface area contributed by atoms with Crippen LogP contribution in [0.25, 0.3) is 0 Å². The average molecular weight is 196 g/mol. The van der Waals surface area contributed by atoms with E-state index >= 15 is 0 Å². The summed E-state index contributed by atoms with van der Waals surface area (Å²) in [5, 5.41) is 2.77. The third kappa shape index (κ3) is 2.34. The second-order valence-corrected chi connectivity index (χ2v) is 3.85. The SMILES string of the molecule is CC(C)NC(=O)c1ocnc1C(C)C. The first kappa shape index (κ1) is 10.8. The second kappa shape index (κ2) is 4.26. The van der Waals surface area contributed by atoms with Gasteiger partial charge in [-0.15, -0.1) is 0 Å². The number of aromatic nitrogens is 1. The van der Waals surface area contributed by atoms with E-state index in [-0.39, 0.29) is 17.9 Å². The van der Waals surface area contributed by atoms with Crippen molar-refractivity contribution in [2.45, 2.75) is 39.7 Å². The molecule has 0 aliphatic rings. The van der Waals surface area contributed by atoms with Crippen LogP contribution in [0.4, 0.5) is 0 Å². The molecule has 0 aliphatic carbocycles. The number of hydrogen-bond donors (Lipinski definition) is 1. The summed E-state index contributed by atoms with van der Waals surface area (Å²) >= 11 is 0. The topological polar surface area (TPSA) is 55.1 Å². The summed E-state index contributed by atoms with van der Waals surface area (Å²) in [6.07, 6.45) is 1.31. The lowest BCUT2D eigenvalue weighted by Crippen LogP contribution is -2.30. The van der Waals surface area contributed by atoms with Crippen LogP contribution in [0.5, 0.6) is 0 Å². The van der Waals surface area contributed by atoms with Gasteiger partial charge in [0, 0.05) is 6.04 Å². The van der Waals surface area contributed by atoms with Crippen LogP contribution in [0.1, 0.15) is 49.9 Å². The molecule has 4 heteroatoms. The Morgan fingerprint density at radius 1 is 1.43 bits per heavy atom. The molecule has 78 valence electrons. The Labute approximate surface area is 83.7 Å². The van der Waals surface area contributed by atoms with Crippen LogP contribution in [-0.4, -0.2) is 16.9 Å². The van der Waals surface area contributed by atoms with Gasteiger partial charge in [-0.3, -0.25) is 4.79 Å². The summed E-state index contributed by atoms with van der Waals surface area (Å²) in [7, 11) is 0. The normalized spacial score (nSPS) is 11.0. The summed E-state index contributed by atoms with van der Waals surface area (Å²) in [5.74, 6) is 0.330. The number of oxazole rings is 1. The van der Waals surface area contributed by atoms with E-state index < -0.39 is 0 Å². The summed E-state index contributed by atoms with van der Waals surface area (Å²) in [6.45, 7) is 7.76. The van der Waals surface area contributed by atoms with Crippen molar-refractivity contribution in [3.05, 3.63) is 17.8 Å². The van der Waals surface area contributed by atoms with Crippen molar-refractivity contribution in [1.29, 1.82) is 0 Å². The molecule has 1 amide bonds. The minimum atomic E-state index is -0.193. The highest BCUT2D eigenvalue weighted by Crippen LogP contribution is 2.17. The Bertz CT molecular complexity index is 316. The van der Waals surface area contributed by atoms with E-state index in [4.69, 9.17) is 4.42 Å². The Morgan fingerprint density at radius 2 is 2.07 bits per heavy atom. The number of carbonyl (C=O) groups excluding carboxylic acids is 1. The lowest BCUT2D eigenvalue weighted by Gasteiger charge is -2.07. The Hall–Kier alpha value is -1.32. The highest BCUT2D eigenvalue weighted by Gasteiger charge is 2.19. The summed E-state index contributed by atoms with van der Waals surface area (Å²) in [4.78, 5) is 15.6. The predicted molar refractivity (Wildman–Crippen MR) is 53.2 cm³/mol. The number of hydrogen-bond acceptors (Lipinski definition) is 3. The van der Waals surface area contributed by atoms with E-state index in [0.29, 0.717) is 11.5 Å². The molecule has 0 aliphatic heterocycles. The van der Waals surface area contributed by atoms with E-state index in [9.17, 15) is 4.79 Å². The maximum absolute atomic E-state index is 11.6. The molecule has 1 heterocycles. The molecular weight excluding hydrogens is 180 g/mol. The molecule has 0 unspecified atom stereocenters. The molecule has 0 saturated heterocycles. The van der Waals surface area contributed by atoms with E-state index in [1.54, 1.807) is 0 Å². The zero-order chi connectivity index (χ0) is 10.7. The van der Waals surface area contributed by atoms with Crippen LogP contribution in [0, 0.1) is 0 Å². The number of rotatable bonds is 3. The van der Waals surface area contributed by atoms with Crippen LogP contribution in [-0.2, 0) is 0 Å². The molecule has 0 aromatic carbocycles. The maximum atomic E-state index is 11.6. The van der Waals surface area contributed by atoms with E-state index in [1.807, 2.05) is 27.7 Å². The van der Waals surface area contributed by atoms with Gasteiger partial charge >= 0.3 is 0 Å². The predicted octanol–water partition coefficient (Wildman–Crippen LogP) is 1.94. The zero-order valence-corrected chi connectivity index (χ0v) is 9.00. The van der Waals surface area contributed by atoms with Crippen molar-refractivity contribution >= 4 is 5.91 Å². The maximum Gasteiger partial charge on any atom is 0.289 e. The van der Waals surface area contributed by atoms with Crippen molar-refractivity contribution in [2.75, 3.05) is 0 Å². The van der Waals surface area contributed by atoms with Gasteiger partial charge in [0.05, 0.1) is 5.69 Å². The molecule has 14 heavy (non-hydrogen) atoms. The molecule has 4 nitrogen and oxygen atoms in total. The Morgan fingerprint density at radius 3 is 2.57 bits per heavy atom. The number of nitrogens with zero attached hydrogens (tertiary/aromatic N) is 1. The lowest BCUT2D eigenvalue weighted by molar-refractivity contribution is 0.0913. The number of amides is 1. The molecule has 1 N–H and O–H groups in total. The molecule has 0 atom stereocenters. The monoisotopic (exact) mass is 196 g/mol. The van der Waals surface area contributed by atoms with E-state index in [2.05, 4.69) is 10.3 Å². The van der Waals surface area contributed by atoms with Crippen LogP contribution in [0.3, 0.4) is 0 Å².